The predicted octanol–water partition coefficient (Wildman–Crippen LogP) is 1.54. The highest BCUT2D eigenvalue weighted by Gasteiger charge is 2.26. The molecule has 2 N–H and O–H groups in total. The minimum absolute atomic E-state index is 0.0303. The van der Waals surface area contributed by atoms with Crippen molar-refractivity contribution in [1.82, 2.24) is 14.7 Å². The molecule has 1 aliphatic rings. The number of urea groups is 1. The molecule has 2 amide bonds. The number of aromatic nitrogens is 2. The third kappa shape index (κ3) is 1.99. The van der Waals surface area contributed by atoms with Gasteiger partial charge < -0.3 is 10.6 Å². The number of benzene rings is 1. The second-order valence-electron chi connectivity index (χ2n) is 4.98. The molecule has 0 aliphatic carbocycles. The Morgan fingerprint density at radius 2 is 2.00 bits per heavy atom. The standard InChI is InChI=1S/C14H17N5O/c1-17-6-7-19(14(17)20)11-5-3-4-10(8-11)12-9-13(15)18(2)16-12/h3-5,8-9H,6-7,15H2,1-2H3. The second kappa shape index (κ2) is 4.56. The van der Waals surface area contributed by atoms with Gasteiger partial charge in [0.2, 0.25) is 0 Å². The minimum Gasteiger partial charge on any atom is -0.384 e. The van der Waals surface area contributed by atoms with Gasteiger partial charge in [-0.15, -0.1) is 0 Å². The summed E-state index contributed by atoms with van der Waals surface area (Å²) in [6, 6.07) is 9.67. The molecule has 1 aliphatic heterocycles. The van der Waals surface area contributed by atoms with Gasteiger partial charge in [0.05, 0.1) is 5.69 Å². The molecule has 6 heteroatoms. The first-order valence-corrected chi connectivity index (χ1v) is 6.49. The summed E-state index contributed by atoms with van der Waals surface area (Å²) < 4.78 is 1.64. The Labute approximate surface area is 117 Å². The molecule has 0 saturated carbocycles. The molecule has 104 valence electrons. The maximum absolute atomic E-state index is 12.0. The molecule has 0 bridgehead atoms. The molecule has 1 fully saturated rings. The fourth-order valence-corrected chi connectivity index (χ4v) is 2.34. The average molecular weight is 271 g/mol. The number of nitrogen functional groups attached to an aromatic ring is 1. The quantitative estimate of drug-likeness (QED) is 0.901. The van der Waals surface area contributed by atoms with Gasteiger partial charge in [-0.1, -0.05) is 12.1 Å². The molecule has 1 saturated heterocycles. The summed E-state index contributed by atoms with van der Waals surface area (Å²) in [5.74, 6) is 0.613. The van der Waals surface area contributed by atoms with Gasteiger partial charge in [0.25, 0.3) is 0 Å². The van der Waals surface area contributed by atoms with E-state index in [2.05, 4.69) is 5.10 Å². The Morgan fingerprint density at radius 3 is 2.60 bits per heavy atom. The number of anilines is 2. The summed E-state index contributed by atoms with van der Waals surface area (Å²) in [5.41, 5.74) is 8.47. The Hall–Kier alpha value is -2.50. The van der Waals surface area contributed by atoms with Crippen molar-refractivity contribution >= 4 is 17.5 Å². The van der Waals surface area contributed by atoms with Gasteiger partial charge in [0, 0.05) is 44.5 Å². The molecule has 1 aromatic carbocycles. The molecular formula is C14H17N5O. The summed E-state index contributed by atoms with van der Waals surface area (Å²) in [6.07, 6.45) is 0. The van der Waals surface area contributed by atoms with Crippen LogP contribution in [0.5, 0.6) is 0 Å². The van der Waals surface area contributed by atoms with E-state index in [-0.39, 0.29) is 6.03 Å². The Morgan fingerprint density at radius 1 is 1.20 bits per heavy atom. The van der Waals surface area contributed by atoms with Crippen LogP contribution >= 0.6 is 0 Å². The first-order chi connectivity index (χ1) is 9.56. The van der Waals surface area contributed by atoms with Crippen LogP contribution in [0.25, 0.3) is 11.3 Å². The summed E-state index contributed by atoms with van der Waals surface area (Å²) in [4.78, 5) is 15.5. The van der Waals surface area contributed by atoms with E-state index in [0.717, 1.165) is 23.5 Å². The number of carbonyl (C=O) groups excluding carboxylic acids is 1. The predicted molar refractivity (Wildman–Crippen MR) is 78.4 cm³/mol. The van der Waals surface area contributed by atoms with E-state index in [4.69, 9.17) is 5.73 Å². The molecular weight excluding hydrogens is 254 g/mol. The number of nitrogens with two attached hydrogens (primary N) is 1. The highest BCUT2D eigenvalue weighted by atomic mass is 16.2. The maximum atomic E-state index is 12.0. The van der Waals surface area contributed by atoms with Crippen LogP contribution in [0, 0.1) is 0 Å². The molecule has 20 heavy (non-hydrogen) atoms. The third-order valence-electron chi connectivity index (χ3n) is 3.59. The number of carbonyl (C=O) groups is 1. The van der Waals surface area contributed by atoms with Crippen LogP contribution in [0.3, 0.4) is 0 Å². The van der Waals surface area contributed by atoms with Crippen molar-refractivity contribution in [2.45, 2.75) is 0 Å². The fraction of sp³-hybridized carbons (Fsp3) is 0.286. The number of aryl methyl sites for hydroxylation is 1. The number of hydrogen-bond donors (Lipinski definition) is 1. The zero-order chi connectivity index (χ0) is 14.3. The van der Waals surface area contributed by atoms with Crippen molar-refractivity contribution in [3.63, 3.8) is 0 Å². The first-order valence-electron chi connectivity index (χ1n) is 6.49. The SMILES string of the molecule is CN1CCN(c2cccc(-c3cc(N)n(C)n3)c2)C1=O. The largest absolute Gasteiger partial charge is 0.384 e. The van der Waals surface area contributed by atoms with E-state index < -0.39 is 0 Å². The fourth-order valence-electron chi connectivity index (χ4n) is 2.34. The maximum Gasteiger partial charge on any atom is 0.324 e. The van der Waals surface area contributed by atoms with Crippen molar-refractivity contribution in [2.75, 3.05) is 30.8 Å². The Bertz CT molecular complexity index is 644. The minimum atomic E-state index is 0.0303. The van der Waals surface area contributed by atoms with Crippen molar-refractivity contribution in [1.29, 1.82) is 0 Å². The van der Waals surface area contributed by atoms with Gasteiger partial charge in [-0.05, 0) is 12.1 Å². The van der Waals surface area contributed by atoms with Gasteiger partial charge in [-0.2, -0.15) is 5.10 Å². The lowest BCUT2D eigenvalue weighted by atomic mass is 10.1. The average Bonchev–Trinajstić information content (AvgIpc) is 2.95. The topological polar surface area (TPSA) is 67.4 Å². The molecule has 0 spiro atoms. The molecule has 0 radical (unpaired) electrons. The number of amides is 2. The van der Waals surface area contributed by atoms with E-state index in [1.165, 1.54) is 0 Å². The second-order valence-corrected chi connectivity index (χ2v) is 4.98. The van der Waals surface area contributed by atoms with Crippen LogP contribution < -0.4 is 10.6 Å². The summed E-state index contributed by atoms with van der Waals surface area (Å²) in [7, 11) is 3.62. The summed E-state index contributed by atoms with van der Waals surface area (Å²) in [5, 5.41) is 4.36. The zero-order valence-corrected chi connectivity index (χ0v) is 11.6. The normalized spacial score (nSPS) is 15.2. The van der Waals surface area contributed by atoms with Crippen molar-refractivity contribution in [3.05, 3.63) is 30.3 Å². The number of likely N-dealkylation sites (N-methyl/N-ethyl adjacent to an activating group) is 1. The van der Waals surface area contributed by atoms with E-state index in [1.807, 2.05) is 44.4 Å². The molecule has 2 heterocycles. The molecule has 1 aromatic heterocycles. The molecule has 6 nitrogen and oxygen atoms in total. The van der Waals surface area contributed by atoms with Gasteiger partial charge in [-0.25, -0.2) is 4.79 Å². The zero-order valence-electron chi connectivity index (χ0n) is 11.6. The van der Waals surface area contributed by atoms with Gasteiger partial charge in [0.15, 0.2) is 0 Å². The number of rotatable bonds is 2. The highest BCUT2D eigenvalue weighted by Crippen LogP contribution is 2.26. The lowest BCUT2D eigenvalue weighted by Gasteiger charge is -2.16. The van der Waals surface area contributed by atoms with Crippen molar-refractivity contribution < 1.29 is 4.79 Å². The van der Waals surface area contributed by atoms with Gasteiger partial charge in [-0.3, -0.25) is 9.58 Å². The first kappa shape index (κ1) is 12.5. The monoisotopic (exact) mass is 271 g/mol. The smallest absolute Gasteiger partial charge is 0.324 e. The lowest BCUT2D eigenvalue weighted by Crippen LogP contribution is -2.29. The summed E-state index contributed by atoms with van der Waals surface area (Å²) >= 11 is 0. The van der Waals surface area contributed by atoms with Gasteiger partial charge >= 0.3 is 6.03 Å². The number of nitrogens with zero attached hydrogens (tertiary/aromatic N) is 4. The van der Waals surface area contributed by atoms with E-state index in [1.54, 1.807) is 14.5 Å². The molecule has 0 atom stereocenters. The molecule has 3 rings (SSSR count). The third-order valence-corrected chi connectivity index (χ3v) is 3.59. The van der Waals surface area contributed by atoms with Crippen LogP contribution in [0.15, 0.2) is 30.3 Å². The molecule has 0 unspecified atom stereocenters. The van der Waals surface area contributed by atoms with Crippen LogP contribution in [-0.4, -0.2) is 40.8 Å². The van der Waals surface area contributed by atoms with Crippen LogP contribution in [0.2, 0.25) is 0 Å². The Kier molecular flexibility index (Phi) is 2.85. The van der Waals surface area contributed by atoms with Gasteiger partial charge in [0.1, 0.15) is 5.82 Å². The van der Waals surface area contributed by atoms with Crippen LogP contribution in [0.1, 0.15) is 0 Å². The van der Waals surface area contributed by atoms with E-state index in [9.17, 15) is 4.79 Å². The summed E-state index contributed by atoms with van der Waals surface area (Å²) in [6.45, 7) is 1.46. The van der Waals surface area contributed by atoms with Crippen LogP contribution in [-0.2, 0) is 7.05 Å². The van der Waals surface area contributed by atoms with E-state index >= 15 is 0 Å². The van der Waals surface area contributed by atoms with Crippen molar-refractivity contribution in [2.24, 2.45) is 7.05 Å². The number of hydrogen-bond acceptors (Lipinski definition) is 3. The highest BCUT2D eigenvalue weighted by molar-refractivity contribution is 5.94. The Balaban J connectivity index is 1.96. The lowest BCUT2D eigenvalue weighted by molar-refractivity contribution is 0.229. The van der Waals surface area contributed by atoms with E-state index in [0.29, 0.717) is 12.4 Å². The molecule has 2 aromatic rings. The van der Waals surface area contributed by atoms with Crippen molar-refractivity contribution in [3.8, 4) is 11.3 Å². The van der Waals surface area contributed by atoms with Crippen LogP contribution in [0.4, 0.5) is 16.3 Å².